The standard InChI is InChI=1S/C15H22Br2/c1-4-7-15(10-16,11-17)9-14-8-12(2)5-6-13(14)3/h5-6,8H,4,7,9-11H2,1-3H3. The predicted molar refractivity (Wildman–Crippen MR) is 84.5 cm³/mol. The monoisotopic (exact) mass is 360 g/mol. The van der Waals surface area contributed by atoms with Gasteiger partial charge in [-0.05, 0) is 43.2 Å². The van der Waals surface area contributed by atoms with E-state index in [1.165, 1.54) is 29.5 Å². The summed E-state index contributed by atoms with van der Waals surface area (Å²) >= 11 is 7.41. The van der Waals surface area contributed by atoms with Gasteiger partial charge in [0.1, 0.15) is 0 Å². The molecule has 0 aromatic heterocycles. The van der Waals surface area contributed by atoms with Crippen LogP contribution in [0, 0.1) is 19.3 Å². The normalized spacial score (nSPS) is 11.8. The summed E-state index contributed by atoms with van der Waals surface area (Å²) in [6, 6.07) is 6.78. The van der Waals surface area contributed by atoms with Crippen LogP contribution in [0.25, 0.3) is 0 Å². The molecule has 1 rings (SSSR count). The van der Waals surface area contributed by atoms with Crippen LogP contribution in [0.2, 0.25) is 0 Å². The zero-order valence-electron chi connectivity index (χ0n) is 11.0. The average molecular weight is 362 g/mol. The SMILES string of the molecule is CCCC(CBr)(CBr)Cc1cc(C)ccc1C. The van der Waals surface area contributed by atoms with Crippen LogP contribution in [-0.4, -0.2) is 10.7 Å². The Kier molecular flexibility index (Phi) is 6.22. The van der Waals surface area contributed by atoms with Gasteiger partial charge in [0.25, 0.3) is 0 Å². The fourth-order valence-electron chi connectivity index (χ4n) is 2.28. The highest BCUT2D eigenvalue weighted by Gasteiger charge is 2.27. The maximum atomic E-state index is 3.70. The Morgan fingerprint density at radius 3 is 2.29 bits per heavy atom. The van der Waals surface area contributed by atoms with Crippen molar-refractivity contribution in [3.8, 4) is 0 Å². The number of hydrogen-bond donors (Lipinski definition) is 0. The van der Waals surface area contributed by atoms with Crippen LogP contribution in [0.15, 0.2) is 18.2 Å². The van der Waals surface area contributed by atoms with Crippen LogP contribution >= 0.6 is 31.9 Å². The average Bonchev–Trinajstić information content (AvgIpc) is 2.33. The summed E-state index contributed by atoms with van der Waals surface area (Å²) in [4.78, 5) is 0. The second-order valence-electron chi connectivity index (χ2n) is 5.12. The first-order valence-electron chi connectivity index (χ1n) is 6.25. The molecular formula is C15H22Br2. The highest BCUT2D eigenvalue weighted by atomic mass is 79.9. The van der Waals surface area contributed by atoms with Gasteiger partial charge in [-0.1, -0.05) is 69.0 Å². The third-order valence-electron chi connectivity index (χ3n) is 3.42. The molecule has 0 atom stereocenters. The van der Waals surface area contributed by atoms with Crippen LogP contribution in [0.4, 0.5) is 0 Å². The highest BCUT2D eigenvalue weighted by Crippen LogP contribution is 2.34. The van der Waals surface area contributed by atoms with Crippen molar-refractivity contribution in [2.45, 2.75) is 40.0 Å². The van der Waals surface area contributed by atoms with E-state index >= 15 is 0 Å². The van der Waals surface area contributed by atoms with Crippen molar-refractivity contribution < 1.29 is 0 Å². The smallest absolute Gasteiger partial charge is 0.00991 e. The molecule has 1 aromatic rings. The van der Waals surface area contributed by atoms with Crippen LogP contribution < -0.4 is 0 Å². The summed E-state index contributed by atoms with van der Waals surface area (Å²) in [5.41, 5.74) is 4.63. The molecular weight excluding hydrogens is 340 g/mol. The van der Waals surface area contributed by atoms with Crippen molar-refractivity contribution in [2.24, 2.45) is 5.41 Å². The minimum atomic E-state index is 0.354. The van der Waals surface area contributed by atoms with Gasteiger partial charge in [-0.15, -0.1) is 0 Å². The largest absolute Gasteiger partial charge is 0.0922 e. The van der Waals surface area contributed by atoms with E-state index in [-0.39, 0.29) is 0 Å². The lowest BCUT2D eigenvalue weighted by atomic mass is 9.80. The summed E-state index contributed by atoms with van der Waals surface area (Å²) in [5.74, 6) is 0. The molecule has 96 valence electrons. The van der Waals surface area contributed by atoms with E-state index in [1.54, 1.807) is 0 Å². The van der Waals surface area contributed by atoms with Crippen molar-refractivity contribution in [3.05, 3.63) is 34.9 Å². The molecule has 0 amide bonds. The van der Waals surface area contributed by atoms with Gasteiger partial charge < -0.3 is 0 Å². The molecule has 0 spiro atoms. The number of hydrogen-bond acceptors (Lipinski definition) is 0. The first-order valence-corrected chi connectivity index (χ1v) is 8.49. The molecule has 0 aliphatic heterocycles. The van der Waals surface area contributed by atoms with E-state index in [4.69, 9.17) is 0 Å². The number of benzene rings is 1. The molecule has 0 fully saturated rings. The van der Waals surface area contributed by atoms with Crippen LogP contribution in [0.5, 0.6) is 0 Å². The third kappa shape index (κ3) is 4.10. The second-order valence-corrected chi connectivity index (χ2v) is 6.25. The Balaban J connectivity index is 2.96. The van der Waals surface area contributed by atoms with Gasteiger partial charge in [-0.3, -0.25) is 0 Å². The first-order chi connectivity index (χ1) is 8.06. The third-order valence-corrected chi connectivity index (χ3v) is 5.80. The molecule has 0 aliphatic rings. The molecule has 0 aliphatic carbocycles. The van der Waals surface area contributed by atoms with Gasteiger partial charge in [0.2, 0.25) is 0 Å². The van der Waals surface area contributed by atoms with E-state index < -0.39 is 0 Å². The Morgan fingerprint density at radius 1 is 1.12 bits per heavy atom. The topological polar surface area (TPSA) is 0 Å². The molecule has 0 nitrogen and oxygen atoms in total. The first kappa shape index (κ1) is 15.2. The minimum absolute atomic E-state index is 0.354. The Hall–Kier alpha value is 0.180. The van der Waals surface area contributed by atoms with E-state index in [9.17, 15) is 0 Å². The molecule has 0 saturated heterocycles. The Bertz CT molecular complexity index is 354. The fourth-order valence-corrected chi connectivity index (χ4v) is 4.16. The summed E-state index contributed by atoms with van der Waals surface area (Å²) in [5, 5.41) is 2.12. The van der Waals surface area contributed by atoms with Gasteiger partial charge in [0, 0.05) is 10.7 Å². The molecule has 0 N–H and O–H groups in total. The lowest BCUT2D eigenvalue weighted by Crippen LogP contribution is -2.28. The van der Waals surface area contributed by atoms with E-state index in [1.807, 2.05) is 0 Å². The van der Waals surface area contributed by atoms with Gasteiger partial charge in [0.05, 0.1) is 0 Å². The quantitative estimate of drug-likeness (QED) is 0.593. The van der Waals surface area contributed by atoms with Crippen molar-refractivity contribution in [1.29, 1.82) is 0 Å². The zero-order valence-corrected chi connectivity index (χ0v) is 14.2. The number of rotatable bonds is 6. The molecule has 0 heterocycles. The maximum Gasteiger partial charge on any atom is 0.00991 e. The summed E-state index contributed by atoms with van der Waals surface area (Å²) in [7, 11) is 0. The van der Waals surface area contributed by atoms with Gasteiger partial charge in [0.15, 0.2) is 0 Å². The molecule has 1 aromatic carbocycles. The van der Waals surface area contributed by atoms with Crippen molar-refractivity contribution in [2.75, 3.05) is 10.7 Å². The van der Waals surface area contributed by atoms with Crippen molar-refractivity contribution in [1.82, 2.24) is 0 Å². The molecule has 17 heavy (non-hydrogen) atoms. The Labute approximate surface area is 122 Å². The second kappa shape index (κ2) is 6.94. The Morgan fingerprint density at radius 2 is 1.76 bits per heavy atom. The van der Waals surface area contributed by atoms with Crippen LogP contribution in [0.1, 0.15) is 36.5 Å². The summed E-state index contributed by atoms with van der Waals surface area (Å²) in [6.07, 6.45) is 3.66. The zero-order chi connectivity index (χ0) is 12.9. The number of halogens is 2. The van der Waals surface area contributed by atoms with Crippen molar-refractivity contribution in [3.63, 3.8) is 0 Å². The van der Waals surface area contributed by atoms with Gasteiger partial charge in [-0.2, -0.15) is 0 Å². The molecule has 0 bridgehead atoms. The van der Waals surface area contributed by atoms with Crippen LogP contribution in [-0.2, 0) is 6.42 Å². The minimum Gasteiger partial charge on any atom is -0.0922 e. The lowest BCUT2D eigenvalue weighted by molar-refractivity contribution is 0.351. The fraction of sp³-hybridized carbons (Fsp3) is 0.600. The molecule has 0 radical (unpaired) electrons. The highest BCUT2D eigenvalue weighted by molar-refractivity contribution is 9.09. The number of alkyl halides is 2. The van der Waals surface area contributed by atoms with Gasteiger partial charge >= 0.3 is 0 Å². The van der Waals surface area contributed by atoms with Crippen LogP contribution in [0.3, 0.4) is 0 Å². The maximum absolute atomic E-state index is 3.70. The van der Waals surface area contributed by atoms with Gasteiger partial charge in [-0.25, -0.2) is 0 Å². The van der Waals surface area contributed by atoms with Crippen molar-refractivity contribution >= 4 is 31.9 Å². The molecule has 2 heteroatoms. The molecule has 0 unspecified atom stereocenters. The molecule has 0 saturated carbocycles. The number of aryl methyl sites for hydroxylation is 2. The summed E-state index contributed by atoms with van der Waals surface area (Å²) < 4.78 is 0. The predicted octanol–water partition coefficient (Wildman–Crippen LogP) is 5.42. The lowest BCUT2D eigenvalue weighted by Gasteiger charge is -2.30. The van der Waals surface area contributed by atoms with E-state index in [0.29, 0.717) is 5.41 Å². The summed E-state index contributed by atoms with van der Waals surface area (Å²) in [6.45, 7) is 6.66. The van der Waals surface area contributed by atoms with E-state index in [0.717, 1.165) is 17.1 Å². The van der Waals surface area contributed by atoms with E-state index in [2.05, 4.69) is 70.8 Å².